The molecule has 2 rings (SSSR count). The molecule has 2 N–H and O–H groups in total. The molecule has 9 heteroatoms. The van der Waals surface area contributed by atoms with Gasteiger partial charge in [-0.2, -0.15) is 0 Å². The summed E-state index contributed by atoms with van der Waals surface area (Å²) in [7, 11) is -3.38. The van der Waals surface area contributed by atoms with Crippen LogP contribution in [-0.4, -0.2) is 57.0 Å². The van der Waals surface area contributed by atoms with Crippen LogP contribution in [0.1, 0.15) is 6.92 Å². The predicted molar refractivity (Wildman–Crippen MR) is 87.0 cm³/mol. The molecule has 1 aromatic rings. The Balaban J connectivity index is 1.98. The molecule has 1 fully saturated rings. The van der Waals surface area contributed by atoms with E-state index in [1.54, 1.807) is 0 Å². The van der Waals surface area contributed by atoms with Gasteiger partial charge in [-0.3, -0.25) is 9.69 Å². The van der Waals surface area contributed by atoms with Crippen molar-refractivity contribution in [2.45, 2.75) is 17.5 Å². The molecule has 23 heavy (non-hydrogen) atoms. The second kappa shape index (κ2) is 7.96. The van der Waals surface area contributed by atoms with Crippen LogP contribution in [0.4, 0.5) is 0 Å². The predicted octanol–water partition coefficient (Wildman–Crippen LogP) is 0.360. The second-order valence-electron chi connectivity index (χ2n) is 5.22. The lowest BCUT2D eigenvalue weighted by atomic mass is 10.3. The highest BCUT2D eigenvalue weighted by Gasteiger charge is 2.20. The average molecular weight is 362 g/mol. The number of ether oxygens (including phenoxy) is 1. The zero-order valence-corrected chi connectivity index (χ0v) is 14.4. The monoisotopic (exact) mass is 361 g/mol. The molecule has 0 spiro atoms. The van der Waals surface area contributed by atoms with Crippen LogP contribution in [0.25, 0.3) is 0 Å². The molecule has 1 amide bonds. The van der Waals surface area contributed by atoms with Gasteiger partial charge in [-0.25, -0.2) is 8.42 Å². The van der Waals surface area contributed by atoms with E-state index in [2.05, 4.69) is 10.6 Å². The van der Waals surface area contributed by atoms with Gasteiger partial charge in [0.15, 0.2) is 9.84 Å². The van der Waals surface area contributed by atoms with Crippen LogP contribution in [0.3, 0.4) is 0 Å². The molecule has 1 unspecified atom stereocenters. The van der Waals surface area contributed by atoms with Gasteiger partial charge in [-0.15, -0.1) is 0 Å². The van der Waals surface area contributed by atoms with E-state index >= 15 is 0 Å². The summed E-state index contributed by atoms with van der Waals surface area (Å²) < 4.78 is 30.0. The van der Waals surface area contributed by atoms with Crippen molar-refractivity contribution in [3.63, 3.8) is 0 Å². The molecule has 0 bridgehead atoms. The maximum atomic E-state index is 12.4. The zero-order chi connectivity index (χ0) is 16.9. The number of hydrogen-bond donors (Lipinski definition) is 2. The summed E-state index contributed by atoms with van der Waals surface area (Å²) in [5.41, 5.74) is -1.00. The highest BCUT2D eigenvalue weighted by molar-refractivity contribution is 7.91. The summed E-state index contributed by atoms with van der Waals surface area (Å²) in [6.45, 7) is 4.34. The van der Waals surface area contributed by atoms with Crippen molar-refractivity contribution in [1.82, 2.24) is 15.5 Å². The average Bonchev–Trinajstić information content (AvgIpc) is 2.47. The quantitative estimate of drug-likeness (QED) is 0.432. The molecule has 128 valence electrons. The van der Waals surface area contributed by atoms with Crippen LogP contribution in [0.5, 0.6) is 5.75 Å². The number of piperazine rings is 1. The number of halogens is 1. The molecule has 1 saturated heterocycles. The first-order valence-electron chi connectivity index (χ1n) is 7.20. The maximum absolute atomic E-state index is 12.4. The number of amides is 1. The van der Waals surface area contributed by atoms with Gasteiger partial charge in [-0.1, -0.05) is 11.6 Å². The van der Waals surface area contributed by atoms with Gasteiger partial charge in [0.25, 0.3) is 0 Å². The summed E-state index contributed by atoms with van der Waals surface area (Å²) in [6.07, 6.45) is 0. The van der Waals surface area contributed by atoms with Crippen LogP contribution in [0.15, 0.2) is 29.2 Å². The first kappa shape index (κ1) is 18.0. The Morgan fingerprint density at radius 1 is 1.35 bits per heavy atom. The van der Waals surface area contributed by atoms with Crippen molar-refractivity contribution < 1.29 is 17.9 Å². The van der Waals surface area contributed by atoms with E-state index in [-0.39, 0.29) is 16.7 Å². The van der Waals surface area contributed by atoms with E-state index in [0.717, 1.165) is 13.1 Å². The van der Waals surface area contributed by atoms with Gasteiger partial charge in [0.2, 0.25) is 11.6 Å². The molecule has 1 aromatic carbocycles. The third-order valence-electron chi connectivity index (χ3n) is 3.30. The van der Waals surface area contributed by atoms with Crippen LogP contribution < -0.4 is 15.4 Å². The Kier molecular flexibility index (Phi) is 6.23. The second-order valence-corrected chi connectivity index (χ2v) is 7.57. The van der Waals surface area contributed by atoms with E-state index < -0.39 is 15.5 Å². The van der Waals surface area contributed by atoms with Crippen molar-refractivity contribution in [2.75, 3.05) is 32.1 Å². The summed E-state index contributed by atoms with van der Waals surface area (Å²) in [5, 5.41) is 5.55. The standard InChI is InChI=1S/C14H20ClN3O4S/c1-11(19)17-14(15)22-12-2-4-13(5-3-12)23(20,21)10-18-8-6-16-7-9-18/h2-5,14,16H,6-10H2,1H3,(H,17,19). The number of carbonyl (C=O) groups is 1. The van der Waals surface area contributed by atoms with Gasteiger partial charge in [0, 0.05) is 33.1 Å². The van der Waals surface area contributed by atoms with E-state index in [4.69, 9.17) is 16.3 Å². The smallest absolute Gasteiger partial charge is 0.250 e. The van der Waals surface area contributed by atoms with E-state index in [9.17, 15) is 13.2 Å². The minimum Gasteiger partial charge on any atom is -0.457 e. The molecule has 0 aromatic heterocycles. The zero-order valence-electron chi connectivity index (χ0n) is 12.8. The Morgan fingerprint density at radius 2 is 1.96 bits per heavy atom. The third kappa shape index (κ3) is 5.65. The lowest BCUT2D eigenvalue weighted by molar-refractivity contribution is -0.120. The number of benzene rings is 1. The number of rotatable bonds is 6. The first-order valence-corrected chi connectivity index (χ1v) is 9.29. The van der Waals surface area contributed by atoms with Crippen molar-refractivity contribution in [2.24, 2.45) is 0 Å². The molecule has 1 heterocycles. The summed E-state index contributed by atoms with van der Waals surface area (Å²) in [5.74, 6) is 0.0546. The summed E-state index contributed by atoms with van der Waals surface area (Å²) in [6, 6.07) is 5.98. The van der Waals surface area contributed by atoms with Crippen molar-refractivity contribution in [3.05, 3.63) is 24.3 Å². The number of hydrogen-bond acceptors (Lipinski definition) is 6. The fraction of sp³-hybridized carbons (Fsp3) is 0.500. The number of nitrogens with zero attached hydrogens (tertiary/aromatic N) is 1. The minimum atomic E-state index is -3.38. The van der Waals surface area contributed by atoms with Gasteiger partial charge in [0.05, 0.1) is 4.90 Å². The molecule has 1 aliphatic heterocycles. The van der Waals surface area contributed by atoms with E-state index in [1.807, 2.05) is 4.90 Å². The van der Waals surface area contributed by atoms with Gasteiger partial charge in [0.1, 0.15) is 11.6 Å². The summed E-state index contributed by atoms with van der Waals surface area (Å²) >= 11 is 5.78. The fourth-order valence-electron chi connectivity index (χ4n) is 2.19. The van der Waals surface area contributed by atoms with E-state index in [0.29, 0.717) is 18.8 Å². The van der Waals surface area contributed by atoms with Gasteiger partial charge in [-0.05, 0) is 24.3 Å². The molecule has 7 nitrogen and oxygen atoms in total. The maximum Gasteiger partial charge on any atom is 0.250 e. The topological polar surface area (TPSA) is 87.7 Å². The van der Waals surface area contributed by atoms with Crippen molar-refractivity contribution in [1.29, 1.82) is 0 Å². The highest BCUT2D eigenvalue weighted by atomic mass is 35.5. The normalized spacial score (nSPS) is 17.5. The van der Waals surface area contributed by atoms with Gasteiger partial charge < -0.3 is 15.4 Å². The molecule has 1 aliphatic rings. The molecule has 0 aliphatic carbocycles. The lowest BCUT2D eigenvalue weighted by Crippen LogP contribution is -2.45. The fourth-order valence-corrected chi connectivity index (χ4v) is 3.88. The Labute approximate surface area is 140 Å². The number of carbonyl (C=O) groups excluding carboxylic acids is 1. The summed E-state index contributed by atoms with van der Waals surface area (Å²) in [4.78, 5) is 13.0. The third-order valence-corrected chi connectivity index (χ3v) is 5.19. The number of alkyl halides is 1. The number of sulfone groups is 1. The first-order chi connectivity index (χ1) is 10.9. The highest BCUT2D eigenvalue weighted by Crippen LogP contribution is 2.19. The largest absolute Gasteiger partial charge is 0.457 e. The molecular weight excluding hydrogens is 342 g/mol. The van der Waals surface area contributed by atoms with Crippen LogP contribution in [0.2, 0.25) is 0 Å². The lowest BCUT2D eigenvalue weighted by Gasteiger charge is -2.26. The number of nitrogens with one attached hydrogen (secondary N) is 2. The van der Waals surface area contributed by atoms with Crippen LogP contribution in [-0.2, 0) is 14.6 Å². The molecular formula is C14H20ClN3O4S. The van der Waals surface area contributed by atoms with Gasteiger partial charge >= 0.3 is 0 Å². The SMILES string of the molecule is CC(=O)NC(Cl)Oc1ccc(S(=O)(=O)CN2CCNCC2)cc1. The Morgan fingerprint density at radius 3 is 2.52 bits per heavy atom. The minimum absolute atomic E-state index is 0.00108. The van der Waals surface area contributed by atoms with Crippen LogP contribution >= 0.6 is 11.6 Å². The Bertz CT molecular complexity index is 630. The van der Waals surface area contributed by atoms with Crippen molar-refractivity contribution in [3.8, 4) is 5.75 Å². The van der Waals surface area contributed by atoms with Crippen LogP contribution in [0, 0.1) is 0 Å². The molecule has 0 radical (unpaired) electrons. The molecule has 1 atom stereocenters. The molecule has 0 saturated carbocycles. The Hall–Kier alpha value is -1.35. The van der Waals surface area contributed by atoms with E-state index in [1.165, 1.54) is 31.2 Å². The van der Waals surface area contributed by atoms with Crippen molar-refractivity contribution >= 4 is 27.3 Å².